The highest BCUT2D eigenvalue weighted by Gasteiger charge is 2.23. The molecule has 4 aromatic rings. The Kier molecular flexibility index (Phi) is 8.33. The first-order valence-electron chi connectivity index (χ1n) is 13.9. The molecule has 1 atom stereocenters. The highest BCUT2D eigenvalue weighted by molar-refractivity contribution is 6.06. The maximum atomic E-state index is 13.1. The van der Waals surface area contributed by atoms with Crippen molar-refractivity contribution in [3.8, 4) is 11.5 Å². The van der Waals surface area contributed by atoms with Crippen molar-refractivity contribution in [3.05, 3.63) is 90.1 Å². The van der Waals surface area contributed by atoms with Gasteiger partial charge in [0, 0.05) is 36.6 Å². The van der Waals surface area contributed by atoms with Crippen molar-refractivity contribution >= 4 is 34.1 Å². The van der Waals surface area contributed by atoms with E-state index in [1.165, 1.54) is 0 Å². The Bertz CT molecular complexity index is 1560. The van der Waals surface area contributed by atoms with Crippen LogP contribution in [0.3, 0.4) is 0 Å². The van der Waals surface area contributed by atoms with Gasteiger partial charge in [-0.1, -0.05) is 45.0 Å². The zero-order valence-corrected chi connectivity index (χ0v) is 23.9. The second kappa shape index (κ2) is 12.1. The molecule has 1 aliphatic rings. The lowest BCUT2D eigenvalue weighted by Gasteiger charge is -2.31. The normalized spacial score (nSPS) is 14.8. The molecule has 2 N–H and O–H groups in total. The van der Waals surface area contributed by atoms with Gasteiger partial charge in [-0.15, -0.1) is 0 Å². The molecule has 1 aliphatic heterocycles. The molecule has 3 aromatic carbocycles. The molecule has 0 spiro atoms. The number of fused-ring (bicyclic) bond motifs is 1. The Morgan fingerprint density at radius 1 is 0.902 bits per heavy atom. The number of nitrogens with zero attached hydrogens (tertiary/aromatic N) is 2. The van der Waals surface area contributed by atoms with Crippen LogP contribution < -0.4 is 15.4 Å². The van der Waals surface area contributed by atoms with Gasteiger partial charge in [0.25, 0.3) is 5.91 Å². The lowest BCUT2D eigenvalue weighted by atomic mass is 9.87. The SMILES string of the molecule is CC(C(=O)Nc1cc(Oc2ccc3ccc(C(=O)Nc4cccc(C(C)(C)C)c4)cc3c2)ccn1)N1CCOCC1. The highest BCUT2D eigenvalue weighted by Crippen LogP contribution is 2.28. The number of pyridine rings is 1. The Hall–Kier alpha value is -4.27. The van der Waals surface area contributed by atoms with Gasteiger partial charge in [0.15, 0.2) is 0 Å². The van der Waals surface area contributed by atoms with Crippen LogP contribution in [0.4, 0.5) is 11.5 Å². The summed E-state index contributed by atoms with van der Waals surface area (Å²) in [5, 5.41) is 7.77. The van der Waals surface area contributed by atoms with Crippen molar-refractivity contribution in [1.82, 2.24) is 9.88 Å². The van der Waals surface area contributed by atoms with Crippen LogP contribution in [0.5, 0.6) is 11.5 Å². The largest absolute Gasteiger partial charge is 0.457 e. The number of carbonyl (C=O) groups is 2. The van der Waals surface area contributed by atoms with Gasteiger partial charge in [-0.3, -0.25) is 14.5 Å². The van der Waals surface area contributed by atoms with E-state index in [0.717, 1.165) is 35.1 Å². The minimum atomic E-state index is -0.292. The summed E-state index contributed by atoms with van der Waals surface area (Å²) < 4.78 is 11.5. The third kappa shape index (κ3) is 7.09. The molecule has 0 bridgehead atoms. The number of carbonyl (C=O) groups excluding carboxylic acids is 2. The van der Waals surface area contributed by atoms with Gasteiger partial charge in [-0.2, -0.15) is 0 Å². The molecule has 8 heteroatoms. The molecule has 1 unspecified atom stereocenters. The molecule has 0 aliphatic carbocycles. The van der Waals surface area contributed by atoms with E-state index in [2.05, 4.69) is 47.4 Å². The molecular weight excluding hydrogens is 516 g/mol. The van der Waals surface area contributed by atoms with Gasteiger partial charge in [-0.05, 0) is 71.1 Å². The minimum Gasteiger partial charge on any atom is -0.457 e. The number of nitrogens with one attached hydrogen (secondary N) is 2. The third-order valence-corrected chi connectivity index (χ3v) is 7.25. The van der Waals surface area contributed by atoms with E-state index in [9.17, 15) is 9.59 Å². The maximum absolute atomic E-state index is 13.1. The summed E-state index contributed by atoms with van der Waals surface area (Å²) in [7, 11) is 0. The Morgan fingerprint density at radius 3 is 2.44 bits per heavy atom. The van der Waals surface area contributed by atoms with Crippen LogP contribution in [0.2, 0.25) is 0 Å². The highest BCUT2D eigenvalue weighted by atomic mass is 16.5. The van der Waals surface area contributed by atoms with E-state index in [4.69, 9.17) is 9.47 Å². The van der Waals surface area contributed by atoms with Crippen LogP contribution in [0.15, 0.2) is 79.0 Å². The van der Waals surface area contributed by atoms with Gasteiger partial charge < -0.3 is 20.1 Å². The predicted molar refractivity (Wildman–Crippen MR) is 162 cm³/mol. The lowest BCUT2D eigenvalue weighted by Crippen LogP contribution is -2.47. The first-order chi connectivity index (χ1) is 19.7. The minimum absolute atomic E-state index is 0.0113. The zero-order valence-electron chi connectivity index (χ0n) is 23.9. The molecule has 1 saturated heterocycles. The van der Waals surface area contributed by atoms with Crippen molar-refractivity contribution in [2.24, 2.45) is 0 Å². The number of ether oxygens (including phenoxy) is 2. The van der Waals surface area contributed by atoms with Crippen LogP contribution in [0.25, 0.3) is 10.8 Å². The standard InChI is InChI=1S/C33H36N4O4/c1-22(37-14-16-40-17-15-37)31(38)36-30-21-29(12-13-34-30)41-28-11-10-23-8-9-24(18-25(23)19-28)32(39)35-27-7-5-6-26(20-27)33(2,3)4/h5-13,18-22H,14-17H2,1-4H3,(H,35,39)(H,34,36,38). The molecule has 1 fully saturated rings. The second-order valence-corrected chi connectivity index (χ2v) is 11.3. The first kappa shape index (κ1) is 28.3. The van der Waals surface area contributed by atoms with Crippen molar-refractivity contribution in [1.29, 1.82) is 0 Å². The Labute approximate surface area is 240 Å². The van der Waals surface area contributed by atoms with Gasteiger partial charge in [0.1, 0.15) is 17.3 Å². The van der Waals surface area contributed by atoms with Gasteiger partial charge >= 0.3 is 0 Å². The van der Waals surface area contributed by atoms with Crippen LogP contribution in [-0.2, 0) is 14.9 Å². The average molecular weight is 553 g/mol. The molecule has 41 heavy (non-hydrogen) atoms. The van der Waals surface area contributed by atoms with Crippen LogP contribution in [-0.4, -0.2) is 54.0 Å². The molecule has 5 rings (SSSR count). The van der Waals surface area contributed by atoms with E-state index < -0.39 is 0 Å². The number of benzene rings is 3. The van der Waals surface area contributed by atoms with Gasteiger partial charge in [-0.25, -0.2) is 4.98 Å². The maximum Gasteiger partial charge on any atom is 0.255 e. The lowest BCUT2D eigenvalue weighted by molar-refractivity contribution is -0.122. The van der Waals surface area contributed by atoms with E-state index in [0.29, 0.717) is 36.1 Å². The van der Waals surface area contributed by atoms with Crippen LogP contribution in [0, 0.1) is 0 Å². The van der Waals surface area contributed by atoms with Crippen molar-refractivity contribution < 1.29 is 19.1 Å². The van der Waals surface area contributed by atoms with Crippen LogP contribution in [0.1, 0.15) is 43.6 Å². The van der Waals surface area contributed by atoms with Gasteiger partial charge in [0.2, 0.25) is 5.91 Å². The average Bonchev–Trinajstić information content (AvgIpc) is 2.96. The Morgan fingerprint density at radius 2 is 1.66 bits per heavy atom. The number of hydrogen-bond donors (Lipinski definition) is 2. The van der Waals surface area contributed by atoms with Gasteiger partial charge in [0.05, 0.1) is 19.3 Å². The molecule has 0 radical (unpaired) electrons. The number of hydrogen-bond acceptors (Lipinski definition) is 6. The quantitative estimate of drug-likeness (QED) is 0.282. The van der Waals surface area contributed by atoms with Crippen molar-refractivity contribution in [2.45, 2.75) is 39.2 Å². The summed E-state index contributed by atoms with van der Waals surface area (Å²) in [6.07, 6.45) is 1.60. The number of aromatic nitrogens is 1. The second-order valence-electron chi connectivity index (χ2n) is 11.3. The number of anilines is 2. The molecular formula is C33H36N4O4. The van der Waals surface area contributed by atoms with Crippen LogP contribution >= 0.6 is 0 Å². The third-order valence-electron chi connectivity index (χ3n) is 7.25. The summed E-state index contributed by atoms with van der Waals surface area (Å²) >= 11 is 0. The molecule has 2 amide bonds. The van der Waals surface area contributed by atoms with Crippen molar-refractivity contribution in [3.63, 3.8) is 0 Å². The fraction of sp³-hybridized carbons (Fsp3) is 0.303. The number of morpholine rings is 1. The smallest absolute Gasteiger partial charge is 0.255 e. The number of rotatable bonds is 7. The molecule has 1 aromatic heterocycles. The zero-order chi connectivity index (χ0) is 29.0. The topological polar surface area (TPSA) is 92.8 Å². The summed E-state index contributed by atoms with van der Waals surface area (Å²) in [4.78, 5) is 32.2. The fourth-order valence-electron chi connectivity index (χ4n) is 4.74. The van der Waals surface area contributed by atoms with E-state index >= 15 is 0 Å². The van der Waals surface area contributed by atoms with E-state index in [1.54, 1.807) is 18.3 Å². The molecule has 212 valence electrons. The molecule has 0 saturated carbocycles. The summed E-state index contributed by atoms with van der Waals surface area (Å²) in [6.45, 7) is 11.0. The van der Waals surface area contributed by atoms with Crippen molar-refractivity contribution in [2.75, 3.05) is 36.9 Å². The monoisotopic (exact) mass is 552 g/mol. The fourth-order valence-corrected chi connectivity index (χ4v) is 4.74. The summed E-state index contributed by atoms with van der Waals surface area (Å²) in [5.74, 6) is 1.27. The van der Waals surface area contributed by atoms with E-state index in [1.807, 2.05) is 61.5 Å². The summed E-state index contributed by atoms with van der Waals surface area (Å²) in [5.41, 5.74) is 2.46. The van der Waals surface area contributed by atoms with E-state index in [-0.39, 0.29) is 23.3 Å². The molecule has 2 heterocycles. The first-order valence-corrected chi connectivity index (χ1v) is 13.9. The Balaban J connectivity index is 1.27. The summed E-state index contributed by atoms with van der Waals surface area (Å²) in [6, 6.07) is 22.4. The molecule has 8 nitrogen and oxygen atoms in total. The predicted octanol–water partition coefficient (Wildman–Crippen LogP) is 6.24. The number of amides is 2.